The molecule has 3 fully saturated rings. The highest BCUT2D eigenvalue weighted by molar-refractivity contribution is 4.74. The molecule has 104 valence electrons. The summed E-state index contributed by atoms with van der Waals surface area (Å²) in [5.74, 6) is 1.51. The molecule has 0 N–H and O–H groups in total. The van der Waals surface area contributed by atoms with Crippen LogP contribution in [0.4, 0.5) is 0 Å². The van der Waals surface area contributed by atoms with Gasteiger partial charge in [-0.3, -0.25) is 0 Å². The van der Waals surface area contributed by atoms with Crippen molar-refractivity contribution in [3.05, 3.63) is 0 Å². The van der Waals surface area contributed by atoms with E-state index in [4.69, 9.17) is 18.9 Å². The molecule has 1 saturated carbocycles. The van der Waals surface area contributed by atoms with E-state index in [9.17, 15) is 0 Å². The third-order valence-corrected chi connectivity index (χ3v) is 4.09. The van der Waals surface area contributed by atoms with Gasteiger partial charge in [0.1, 0.15) is 12.2 Å². The van der Waals surface area contributed by atoms with E-state index in [1.807, 2.05) is 0 Å². The van der Waals surface area contributed by atoms with Gasteiger partial charge in [0.15, 0.2) is 0 Å². The summed E-state index contributed by atoms with van der Waals surface area (Å²) in [7, 11) is 0. The Bertz CT molecular complexity index is 216. The minimum Gasteiger partial charge on any atom is -0.378 e. The fraction of sp³-hybridized carbons (Fsp3) is 1.00. The summed E-state index contributed by atoms with van der Waals surface area (Å²) < 4.78 is 21.6. The predicted octanol–water partition coefficient (Wildman–Crippen LogP) is 1.62. The van der Waals surface area contributed by atoms with E-state index in [0.29, 0.717) is 12.2 Å². The standard InChI is InChI=1S/C14H24O4/c1-2-12(6-16-8-14-10-18-14)4-3-11(1)5-15-7-13-9-17-13/h11-14H,1-10H2/t11?,12?,13-,14-/m1/s1. The predicted molar refractivity (Wildman–Crippen MR) is 66.6 cm³/mol. The third-order valence-electron chi connectivity index (χ3n) is 4.09. The van der Waals surface area contributed by atoms with E-state index in [1.54, 1.807) is 0 Å². The molecule has 1 aliphatic carbocycles. The maximum Gasteiger partial charge on any atom is 0.104 e. The van der Waals surface area contributed by atoms with Gasteiger partial charge < -0.3 is 18.9 Å². The Morgan fingerprint density at radius 1 is 0.667 bits per heavy atom. The van der Waals surface area contributed by atoms with Crippen molar-refractivity contribution < 1.29 is 18.9 Å². The fourth-order valence-electron chi connectivity index (χ4n) is 2.63. The van der Waals surface area contributed by atoms with Gasteiger partial charge in [-0.05, 0) is 37.5 Å². The van der Waals surface area contributed by atoms with Gasteiger partial charge >= 0.3 is 0 Å². The van der Waals surface area contributed by atoms with E-state index in [2.05, 4.69) is 0 Å². The van der Waals surface area contributed by atoms with Gasteiger partial charge in [-0.2, -0.15) is 0 Å². The molecule has 2 aliphatic heterocycles. The number of hydrogen-bond donors (Lipinski definition) is 0. The Morgan fingerprint density at radius 3 is 1.39 bits per heavy atom. The Kier molecular flexibility index (Phi) is 4.52. The van der Waals surface area contributed by atoms with Crippen LogP contribution in [-0.2, 0) is 18.9 Å². The summed E-state index contributed by atoms with van der Waals surface area (Å²) in [6, 6.07) is 0. The van der Waals surface area contributed by atoms with Crippen molar-refractivity contribution >= 4 is 0 Å². The van der Waals surface area contributed by atoms with Crippen LogP contribution in [0.3, 0.4) is 0 Å². The molecule has 0 unspecified atom stereocenters. The zero-order chi connectivity index (χ0) is 12.2. The van der Waals surface area contributed by atoms with Crippen LogP contribution < -0.4 is 0 Å². The molecular weight excluding hydrogens is 232 g/mol. The molecular formula is C14H24O4. The highest BCUT2D eigenvalue weighted by Crippen LogP contribution is 2.29. The molecule has 2 saturated heterocycles. The summed E-state index contributed by atoms with van der Waals surface area (Å²) in [5.41, 5.74) is 0. The second-order valence-electron chi connectivity index (χ2n) is 5.87. The molecule has 3 rings (SSSR count). The van der Waals surface area contributed by atoms with Crippen molar-refractivity contribution in [2.24, 2.45) is 11.8 Å². The maximum absolute atomic E-state index is 5.68. The minimum absolute atomic E-state index is 0.402. The first-order chi connectivity index (χ1) is 8.90. The number of hydrogen-bond acceptors (Lipinski definition) is 4. The quantitative estimate of drug-likeness (QED) is 0.619. The van der Waals surface area contributed by atoms with E-state index < -0.39 is 0 Å². The lowest BCUT2D eigenvalue weighted by Crippen LogP contribution is -2.23. The average molecular weight is 256 g/mol. The SMILES string of the molecule is C1CC(COC[C@@H]2CO2)CCC1COC[C@@H]1CO1. The van der Waals surface area contributed by atoms with Gasteiger partial charge in [-0.1, -0.05) is 0 Å². The van der Waals surface area contributed by atoms with Crippen LogP contribution in [-0.4, -0.2) is 51.8 Å². The Labute approximate surface area is 109 Å². The Balaban J connectivity index is 1.21. The molecule has 18 heavy (non-hydrogen) atoms. The number of ether oxygens (including phenoxy) is 4. The molecule has 3 aliphatic rings. The van der Waals surface area contributed by atoms with Crippen molar-refractivity contribution in [2.75, 3.05) is 39.6 Å². The van der Waals surface area contributed by atoms with Crippen molar-refractivity contribution in [1.82, 2.24) is 0 Å². The van der Waals surface area contributed by atoms with E-state index in [1.165, 1.54) is 25.7 Å². The summed E-state index contributed by atoms with van der Waals surface area (Å²) in [5, 5.41) is 0. The molecule has 4 nitrogen and oxygen atoms in total. The first-order valence-electron chi connectivity index (χ1n) is 7.29. The molecule has 2 atom stereocenters. The normalized spacial score (nSPS) is 38.7. The summed E-state index contributed by atoms with van der Waals surface area (Å²) >= 11 is 0. The fourth-order valence-corrected chi connectivity index (χ4v) is 2.63. The van der Waals surface area contributed by atoms with Crippen molar-refractivity contribution in [3.63, 3.8) is 0 Å². The highest BCUT2D eigenvalue weighted by Gasteiger charge is 2.26. The smallest absolute Gasteiger partial charge is 0.104 e. The molecule has 0 amide bonds. The molecule has 0 aromatic carbocycles. The van der Waals surface area contributed by atoms with Gasteiger partial charge in [0.2, 0.25) is 0 Å². The van der Waals surface area contributed by atoms with Crippen LogP contribution in [0.15, 0.2) is 0 Å². The molecule has 0 bridgehead atoms. The second-order valence-corrected chi connectivity index (χ2v) is 5.87. The second kappa shape index (κ2) is 6.33. The van der Waals surface area contributed by atoms with Crippen molar-refractivity contribution in [2.45, 2.75) is 37.9 Å². The minimum atomic E-state index is 0.402. The molecule has 0 spiro atoms. The summed E-state index contributed by atoms with van der Waals surface area (Å²) in [6.45, 7) is 5.23. The van der Waals surface area contributed by atoms with Crippen LogP contribution in [0.1, 0.15) is 25.7 Å². The van der Waals surface area contributed by atoms with E-state index in [0.717, 1.165) is 51.5 Å². The van der Waals surface area contributed by atoms with Crippen LogP contribution in [0, 0.1) is 11.8 Å². The number of epoxide rings is 2. The van der Waals surface area contributed by atoms with Gasteiger partial charge in [0.25, 0.3) is 0 Å². The lowest BCUT2D eigenvalue weighted by atomic mass is 9.83. The van der Waals surface area contributed by atoms with Crippen LogP contribution in [0.25, 0.3) is 0 Å². The zero-order valence-corrected chi connectivity index (χ0v) is 11.0. The lowest BCUT2D eigenvalue weighted by molar-refractivity contribution is 0.0415. The molecule has 0 aromatic rings. The number of rotatable bonds is 8. The Morgan fingerprint density at radius 2 is 1.06 bits per heavy atom. The van der Waals surface area contributed by atoms with E-state index >= 15 is 0 Å². The van der Waals surface area contributed by atoms with E-state index in [-0.39, 0.29) is 0 Å². The van der Waals surface area contributed by atoms with Gasteiger partial charge in [0.05, 0.1) is 26.4 Å². The summed E-state index contributed by atoms with van der Waals surface area (Å²) in [4.78, 5) is 0. The molecule has 2 heterocycles. The third kappa shape index (κ3) is 4.50. The van der Waals surface area contributed by atoms with Crippen LogP contribution in [0.5, 0.6) is 0 Å². The topological polar surface area (TPSA) is 43.5 Å². The summed E-state index contributed by atoms with van der Waals surface area (Å²) in [6.07, 6.45) is 5.97. The maximum atomic E-state index is 5.68. The zero-order valence-electron chi connectivity index (χ0n) is 11.0. The van der Waals surface area contributed by atoms with Crippen LogP contribution >= 0.6 is 0 Å². The average Bonchev–Trinajstić information content (AvgIpc) is 3.25. The first kappa shape index (κ1) is 12.9. The monoisotopic (exact) mass is 256 g/mol. The molecule has 0 aromatic heterocycles. The highest BCUT2D eigenvalue weighted by atomic mass is 16.6. The van der Waals surface area contributed by atoms with Crippen molar-refractivity contribution in [3.8, 4) is 0 Å². The lowest BCUT2D eigenvalue weighted by Gasteiger charge is -2.28. The van der Waals surface area contributed by atoms with Crippen molar-refractivity contribution in [1.29, 1.82) is 0 Å². The van der Waals surface area contributed by atoms with Gasteiger partial charge in [-0.15, -0.1) is 0 Å². The van der Waals surface area contributed by atoms with Crippen LogP contribution in [0.2, 0.25) is 0 Å². The Hall–Kier alpha value is -0.160. The largest absolute Gasteiger partial charge is 0.378 e. The molecule has 4 heteroatoms. The van der Waals surface area contributed by atoms with Gasteiger partial charge in [0, 0.05) is 13.2 Å². The first-order valence-corrected chi connectivity index (χ1v) is 7.29. The van der Waals surface area contributed by atoms with Gasteiger partial charge in [-0.25, -0.2) is 0 Å². The molecule has 0 radical (unpaired) electrons.